The number of ether oxygens (including phenoxy) is 1. The number of hydrogen-bond acceptors (Lipinski definition) is 5. The van der Waals surface area contributed by atoms with Crippen LogP contribution < -0.4 is 4.90 Å². The Bertz CT molecular complexity index is 413. The van der Waals surface area contributed by atoms with Crippen molar-refractivity contribution in [3.05, 3.63) is 11.1 Å². The van der Waals surface area contributed by atoms with Crippen LogP contribution >= 0.6 is 11.3 Å². The van der Waals surface area contributed by atoms with E-state index >= 15 is 0 Å². The summed E-state index contributed by atoms with van der Waals surface area (Å²) in [5.74, 6) is -0.171. The second kappa shape index (κ2) is 6.89. The van der Waals surface area contributed by atoms with E-state index in [1.165, 1.54) is 39.2 Å². The van der Waals surface area contributed by atoms with Crippen LogP contribution in [0.4, 0.5) is 5.13 Å². The highest BCUT2D eigenvalue weighted by atomic mass is 32.1. The smallest absolute Gasteiger partial charge is 0.305 e. The van der Waals surface area contributed by atoms with Crippen molar-refractivity contribution in [1.29, 1.82) is 0 Å². The van der Waals surface area contributed by atoms with Gasteiger partial charge in [-0.25, -0.2) is 4.98 Å². The number of methoxy groups -OCH3 is 1. The third-order valence-electron chi connectivity index (χ3n) is 3.78. The number of carbonyl (C=O) groups excluding carboxylic acids is 1. The molecule has 0 bridgehead atoms. The molecule has 1 aliphatic carbocycles. The topological polar surface area (TPSA) is 42.4 Å². The molecule has 2 rings (SSSR count). The van der Waals surface area contributed by atoms with E-state index in [1.807, 2.05) is 0 Å². The minimum atomic E-state index is -0.171. The lowest BCUT2D eigenvalue weighted by Crippen LogP contribution is -2.33. The Morgan fingerprint density at radius 2 is 2.21 bits per heavy atom. The van der Waals surface area contributed by atoms with Crippen molar-refractivity contribution in [2.45, 2.75) is 51.0 Å². The largest absolute Gasteiger partial charge is 0.469 e. The summed E-state index contributed by atoms with van der Waals surface area (Å²) >= 11 is 1.67. The average Bonchev–Trinajstić information content (AvgIpc) is 2.93. The number of hydrogen-bond donors (Lipinski definition) is 0. The van der Waals surface area contributed by atoms with Crippen molar-refractivity contribution in [3.8, 4) is 0 Å². The van der Waals surface area contributed by atoms with Crippen LogP contribution in [-0.4, -0.2) is 31.2 Å². The molecule has 106 valence electrons. The van der Waals surface area contributed by atoms with Crippen LogP contribution in [0, 0.1) is 0 Å². The van der Waals surface area contributed by atoms with Crippen molar-refractivity contribution < 1.29 is 9.53 Å². The number of carbonyl (C=O) groups is 1. The highest BCUT2D eigenvalue weighted by Crippen LogP contribution is 2.28. The first-order valence-electron chi connectivity index (χ1n) is 6.94. The van der Waals surface area contributed by atoms with Gasteiger partial charge in [0.25, 0.3) is 0 Å². The molecule has 0 N–H and O–H groups in total. The molecule has 1 aliphatic rings. The second-order valence-electron chi connectivity index (χ2n) is 5.10. The lowest BCUT2D eigenvalue weighted by atomic mass is 9.95. The van der Waals surface area contributed by atoms with Crippen LogP contribution in [0.2, 0.25) is 0 Å². The number of anilines is 1. The van der Waals surface area contributed by atoms with Gasteiger partial charge in [-0.05, 0) is 12.8 Å². The minimum Gasteiger partial charge on any atom is -0.469 e. The molecular formula is C14H22N2O2S. The summed E-state index contributed by atoms with van der Waals surface area (Å²) in [6, 6.07) is 0.633. The molecule has 0 unspecified atom stereocenters. The van der Waals surface area contributed by atoms with Gasteiger partial charge in [-0.2, -0.15) is 0 Å². The summed E-state index contributed by atoms with van der Waals surface area (Å²) < 4.78 is 4.65. The van der Waals surface area contributed by atoms with Gasteiger partial charge in [-0.1, -0.05) is 19.3 Å². The number of esters is 1. The molecule has 0 aromatic carbocycles. The van der Waals surface area contributed by atoms with E-state index in [-0.39, 0.29) is 5.97 Å². The predicted molar refractivity (Wildman–Crippen MR) is 77.7 cm³/mol. The molecule has 0 spiro atoms. The van der Waals surface area contributed by atoms with Gasteiger partial charge in [-0.15, -0.1) is 11.3 Å². The van der Waals surface area contributed by atoms with E-state index in [4.69, 9.17) is 0 Å². The molecule has 4 nitrogen and oxygen atoms in total. The molecule has 1 fully saturated rings. The first kappa shape index (κ1) is 14.3. The van der Waals surface area contributed by atoms with Gasteiger partial charge in [0.15, 0.2) is 5.13 Å². The van der Waals surface area contributed by atoms with E-state index in [1.54, 1.807) is 11.3 Å². The summed E-state index contributed by atoms with van der Waals surface area (Å²) in [4.78, 5) is 18.1. The number of aryl methyl sites for hydroxylation is 1. The molecule has 0 saturated heterocycles. The fourth-order valence-corrected chi connectivity index (χ4v) is 3.43. The molecule has 19 heavy (non-hydrogen) atoms. The highest BCUT2D eigenvalue weighted by molar-refractivity contribution is 7.13. The standard InChI is InChI=1S/C14H22N2O2S/c1-16(12-6-4-3-5-7-12)14-15-11(10-19-14)8-9-13(17)18-2/h10,12H,3-9H2,1-2H3. The number of thiazole rings is 1. The summed E-state index contributed by atoms with van der Waals surface area (Å²) in [5.41, 5.74) is 0.994. The van der Waals surface area contributed by atoms with Crippen LogP contribution in [0.15, 0.2) is 5.38 Å². The zero-order chi connectivity index (χ0) is 13.7. The monoisotopic (exact) mass is 282 g/mol. The average molecular weight is 282 g/mol. The molecule has 1 aromatic heterocycles. The lowest BCUT2D eigenvalue weighted by Gasteiger charge is -2.30. The zero-order valence-electron chi connectivity index (χ0n) is 11.7. The van der Waals surface area contributed by atoms with E-state index in [0.717, 1.165) is 10.8 Å². The van der Waals surface area contributed by atoms with E-state index in [9.17, 15) is 4.79 Å². The minimum absolute atomic E-state index is 0.171. The van der Waals surface area contributed by atoms with Crippen LogP contribution in [0.25, 0.3) is 0 Å². The van der Waals surface area contributed by atoms with Gasteiger partial charge in [0.05, 0.1) is 19.2 Å². The maximum absolute atomic E-state index is 11.1. The van der Waals surface area contributed by atoms with Crippen molar-refractivity contribution in [1.82, 2.24) is 4.98 Å². The van der Waals surface area contributed by atoms with Crippen molar-refractivity contribution >= 4 is 22.4 Å². The summed E-state index contributed by atoms with van der Waals surface area (Å²) in [6.45, 7) is 0. The fourth-order valence-electron chi connectivity index (χ4n) is 2.53. The lowest BCUT2D eigenvalue weighted by molar-refractivity contribution is -0.140. The third-order valence-corrected chi connectivity index (χ3v) is 4.76. The van der Waals surface area contributed by atoms with Crippen LogP contribution in [-0.2, 0) is 16.0 Å². The Kier molecular flexibility index (Phi) is 5.19. The Morgan fingerprint density at radius 1 is 1.47 bits per heavy atom. The molecule has 0 atom stereocenters. The molecule has 1 heterocycles. The van der Waals surface area contributed by atoms with Crippen LogP contribution in [0.3, 0.4) is 0 Å². The molecule has 0 amide bonds. The molecule has 0 aliphatic heterocycles. The Morgan fingerprint density at radius 3 is 2.89 bits per heavy atom. The van der Waals surface area contributed by atoms with E-state index in [2.05, 4.69) is 27.0 Å². The fraction of sp³-hybridized carbons (Fsp3) is 0.714. The summed E-state index contributed by atoms with van der Waals surface area (Å²) in [6.07, 6.45) is 7.65. The third kappa shape index (κ3) is 3.93. The van der Waals surface area contributed by atoms with Crippen molar-refractivity contribution in [3.63, 3.8) is 0 Å². The molecule has 5 heteroatoms. The Hall–Kier alpha value is -1.10. The summed E-state index contributed by atoms with van der Waals surface area (Å²) in [7, 11) is 3.56. The van der Waals surface area contributed by atoms with Gasteiger partial charge in [0, 0.05) is 24.9 Å². The Labute approximate surface area is 118 Å². The quantitative estimate of drug-likeness (QED) is 0.779. The predicted octanol–water partition coefficient (Wildman–Crippen LogP) is 3.02. The number of aromatic nitrogens is 1. The first-order valence-corrected chi connectivity index (χ1v) is 7.82. The number of nitrogens with zero attached hydrogens (tertiary/aromatic N) is 2. The highest BCUT2D eigenvalue weighted by Gasteiger charge is 2.20. The van der Waals surface area contributed by atoms with E-state index in [0.29, 0.717) is 18.9 Å². The van der Waals surface area contributed by atoms with Gasteiger partial charge in [-0.3, -0.25) is 4.79 Å². The molecule has 1 aromatic rings. The SMILES string of the molecule is COC(=O)CCc1csc(N(C)C2CCCCC2)n1. The Balaban J connectivity index is 1.90. The van der Waals surface area contributed by atoms with Crippen LogP contribution in [0.1, 0.15) is 44.2 Å². The second-order valence-corrected chi connectivity index (χ2v) is 5.94. The van der Waals surface area contributed by atoms with Gasteiger partial charge >= 0.3 is 5.97 Å². The van der Waals surface area contributed by atoms with Crippen molar-refractivity contribution in [2.24, 2.45) is 0 Å². The maximum atomic E-state index is 11.1. The van der Waals surface area contributed by atoms with Crippen LogP contribution in [0.5, 0.6) is 0 Å². The number of rotatable bonds is 5. The zero-order valence-corrected chi connectivity index (χ0v) is 12.5. The molecule has 1 saturated carbocycles. The maximum Gasteiger partial charge on any atom is 0.305 e. The molecular weight excluding hydrogens is 260 g/mol. The normalized spacial score (nSPS) is 16.3. The molecule has 0 radical (unpaired) electrons. The van der Waals surface area contributed by atoms with Gasteiger partial charge < -0.3 is 9.64 Å². The van der Waals surface area contributed by atoms with Gasteiger partial charge in [0.2, 0.25) is 0 Å². The van der Waals surface area contributed by atoms with Crippen molar-refractivity contribution in [2.75, 3.05) is 19.1 Å². The first-order chi connectivity index (χ1) is 9.20. The van der Waals surface area contributed by atoms with Gasteiger partial charge in [0.1, 0.15) is 0 Å². The van der Waals surface area contributed by atoms with E-state index < -0.39 is 0 Å². The summed E-state index contributed by atoms with van der Waals surface area (Å²) in [5, 5.41) is 3.13.